The predicted molar refractivity (Wildman–Crippen MR) is 191 cm³/mol. The molecular formula is C41H41ClN2O6. The lowest BCUT2D eigenvalue weighted by molar-refractivity contribution is -0.140. The van der Waals surface area contributed by atoms with E-state index in [4.69, 9.17) is 21.1 Å². The van der Waals surface area contributed by atoms with E-state index < -0.39 is 11.4 Å². The fraction of sp³-hybridized carbons (Fsp3) is 0.341. The van der Waals surface area contributed by atoms with Gasteiger partial charge in [0, 0.05) is 37.3 Å². The topological polar surface area (TPSA) is 96.4 Å². The van der Waals surface area contributed by atoms with Gasteiger partial charge in [-0.25, -0.2) is 0 Å². The number of carbonyl (C=O) groups excluding carboxylic acids is 2. The van der Waals surface area contributed by atoms with Crippen LogP contribution >= 0.6 is 11.6 Å². The fourth-order valence-electron chi connectivity index (χ4n) is 7.00. The Balaban J connectivity index is 0.000000157. The molecule has 0 atom stereocenters. The molecule has 0 saturated heterocycles. The number of hydrogen-bond acceptors (Lipinski definition) is 5. The van der Waals surface area contributed by atoms with E-state index in [0.717, 1.165) is 77.1 Å². The van der Waals surface area contributed by atoms with Crippen molar-refractivity contribution in [2.24, 2.45) is 0 Å². The highest BCUT2D eigenvalue weighted by molar-refractivity contribution is 6.26. The number of methoxy groups -OCH3 is 2. The van der Waals surface area contributed by atoms with Crippen LogP contribution in [-0.2, 0) is 41.0 Å². The third-order valence-electron chi connectivity index (χ3n) is 10.5. The third-order valence-corrected chi connectivity index (χ3v) is 11.1. The first kappa shape index (κ1) is 33.7. The minimum atomic E-state index is -0.763. The van der Waals surface area contributed by atoms with Crippen LogP contribution in [0, 0.1) is 0 Å². The second kappa shape index (κ2) is 13.5. The van der Waals surface area contributed by atoms with Crippen molar-refractivity contribution in [2.45, 2.75) is 61.9 Å². The van der Waals surface area contributed by atoms with Gasteiger partial charge in [0.1, 0.15) is 11.5 Å². The summed E-state index contributed by atoms with van der Waals surface area (Å²) in [6.07, 6.45) is 5.06. The summed E-state index contributed by atoms with van der Waals surface area (Å²) in [7, 11) is 3.28. The van der Waals surface area contributed by atoms with Gasteiger partial charge >= 0.3 is 5.97 Å². The molecule has 0 aromatic heterocycles. The normalized spacial score (nSPS) is 17.9. The quantitative estimate of drug-likeness (QED) is 0.188. The van der Waals surface area contributed by atoms with Crippen molar-refractivity contribution < 1.29 is 29.0 Å². The molecule has 0 unspecified atom stereocenters. The molecule has 50 heavy (non-hydrogen) atoms. The summed E-state index contributed by atoms with van der Waals surface area (Å²) >= 11 is 6.50. The van der Waals surface area contributed by atoms with E-state index in [1.807, 2.05) is 82.6 Å². The number of carboxylic acid groups (broad SMARTS) is 1. The van der Waals surface area contributed by atoms with E-state index in [1.54, 1.807) is 20.3 Å². The van der Waals surface area contributed by atoms with Crippen LogP contribution < -0.4 is 9.47 Å². The zero-order valence-corrected chi connectivity index (χ0v) is 29.2. The molecule has 4 aliphatic rings. The number of hydrogen-bond donors (Lipinski definition) is 1. The lowest BCUT2D eigenvalue weighted by Gasteiger charge is -2.29. The summed E-state index contributed by atoms with van der Waals surface area (Å²) in [5.41, 5.74) is 7.05. The van der Waals surface area contributed by atoms with Crippen molar-refractivity contribution in [1.29, 1.82) is 0 Å². The standard InChI is InChI=1S/C21H21NO4.C20H20ClNO2/c1-26-17-5-2-14(3-6-17)13-22-11-8-15-12-16(4-7-18(15)19(22)23)21(9-10-21)20(24)25;1-24-17-5-2-14(3-6-17)13-22-11-8-15-12-16(20(21)9-10-20)4-7-18(15)19(22)23/h2-7,12H,8-11,13H2,1H3,(H,24,25);2-7,12H,8-11,13H2,1H3. The Kier molecular flexibility index (Phi) is 9.07. The van der Waals surface area contributed by atoms with Crippen molar-refractivity contribution in [1.82, 2.24) is 9.80 Å². The molecule has 1 N–H and O–H groups in total. The molecule has 258 valence electrons. The fourth-order valence-corrected chi connectivity index (χ4v) is 7.22. The Labute approximate surface area is 297 Å². The van der Waals surface area contributed by atoms with Gasteiger partial charge in [-0.1, -0.05) is 48.5 Å². The van der Waals surface area contributed by atoms with Gasteiger partial charge in [0.15, 0.2) is 0 Å². The van der Waals surface area contributed by atoms with E-state index in [-0.39, 0.29) is 16.7 Å². The number of carbonyl (C=O) groups is 3. The van der Waals surface area contributed by atoms with Crippen LogP contribution in [0.1, 0.15) is 79.8 Å². The molecular weight excluding hydrogens is 652 g/mol. The van der Waals surface area contributed by atoms with Gasteiger partial charge in [-0.3, -0.25) is 14.4 Å². The van der Waals surface area contributed by atoms with Crippen molar-refractivity contribution in [3.8, 4) is 11.5 Å². The second-order valence-corrected chi connectivity index (χ2v) is 14.5. The van der Waals surface area contributed by atoms with Crippen LogP contribution in [0.5, 0.6) is 11.5 Å². The van der Waals surface area contributed by atoms with Crippen LogP contribution in [-0.4, -0.2) is 60.0 Å². The molecule has 2 heterocycles. The number of carboxylic acids is 1. The second-order valence-electron chi connectivity index (χ2n) is 13.7. The predicted octanol–water partition coefficient (Wildman–Crippen LogP) is 7.13. The van der Waals surface area contributed by atoms with Gasteiger partial charge in [0.05, 0.1) is 24.5 Å². The Bertz CT molecular complexity index is 1930. The molecule has 8 nitrogen and oxygen atoms in total. The molecule has 9 heteroatoms. The molecule has 0 radical (unpaired) electrons. The monoisotopic (exact) mass is 692 g/mol. The number of rotatable bonds is 9. The molecule has 2 fully saturated rings. The molecule has 8 rings (SSSR count). The van der Waals surface area contributed by atoms with E-state index in [2.05, 4.69) is 6.07 Å². The number of aliphatic carboxylic acids is 1. The smallest absolute Gasteiger partial charge is 0.314 e. The molecule has 2 aliphatic heterocycles. The van der Waals surface area contributed by atoms with Crippen LogP contribution in [0.2, 0.25) is 0 Å². The largest absolute Gasteiger partial charge is 0.497 e. The van der Waals surface area contributed by atoms with E-state index in [1.165, 1.54) is 5.56 Å². The summed E-state index contributed by atoms with van der Waals surface area (Å²) < 4.78 is 10.3. The van der Waals surface area contributed by atoms with Crippen molar-refractivity contribution >= 4 is 29.4 Å². The average molecular weight is 693 g/mol. The minimum Gasteiger partial charge on any atom is -0.497 e. The highest BCUT2D eigenvalue weighted by atomic mass is 35.5. The Morgan fingerprint density at radius 2 is 1.12 bits per heavy atom. The molecule has 2 saturated carbocycles. The average Bonchev–Trinajstić information content (AvgIpc) is 4.09. The molecule has 0 spiro atoms. The number of nitrogens with zero attached hydrogens (tertiary/aromatic N) is 2. The lowest BCUT2D eigenvalue weighted by Crippen LogP contribution is -2.37. The number of halogens is 1. The summed E-state index contributed by atoms with van der Waals surface area (Å²) in [6, 6.07) is 27.3. The molecule has 2 amide bonds. The Morgan fingerprint density at radius 3 is 1.52 bits per heavy atom. The van der Waals surface area contributed by atoms with Crippen LogP contribution in [0.4, 0.5) is 0 Å². The van der Waals surface area contributed by atoms with Gasteiger partial charge in [-0.2, -0.15) is 0 Å². The zero-order valence-electron chi connectivity index (χ0n) is 28.4. The summed E-state index contributed by atoms with van der Waals surface area (Å²) in [6.45, 7) is 2.57. The molecule has 4 aromatic carbocycles. The minimum absolute atomic E-state index is 0.00814. The highest BCUT2D eigenvalue weighted by Crippen LogP contribution is 2.52. The van der Waals surface area contributed by atoms with E-state index >= 15 is 0 Å². The first-order chi connectivity index (χ1) is 24.1. The van der Waals surface area contributed by atoms with Crippen LogP contribution in [0.3, 0.4) is 0 Å². The maximum Gasteiger partial charge on any atom is 0.314 e. The van der Waals surface area contributed by atoms with Gasteiger partial charge in [0.2, 0.25) is 0 Å². The van der Waals surface area contributed by atoms with Crippen LogP contribution in [0.15, 0.2) is 84.9 Å². The van der Waals surface area contributed by atoms with Gasteiger partial charge in [-0.05, 0) is 108 Å². The van der Waals surface area contributed by atoms with Crippen molar-refractivity contribution in [3.05, 3.63) is 129 Å². The highest BCUT2D eigenvalue weighted by Gasteiger charge is 2.52. The Hall–Kier alpha value is -4.82. The van der Waals surface area contributed by atoms with E-state index in [9.17, 15) is 19.5 Å². The summed E-state index contributed by atoms with van der Waals surface area (Å²) in [5, 5.41) is 9.47. The van der Waals surface area contributed by atoms with Crippen molar-refractivity contribution in [2.75, 3.05) is 27.3 Å². The SMILES string of the molecule is COc1ccc(CN2CCc3cc(C4(C(=O)O)CC4)ccc3C2=O)cc1.COc1ccc(CN2CCc3cc(C4(Cl)CC4)ccc3C2=O)cc1. The molecule has 4 aromatic rings. The maximum absolute atomic E-state index is 12.8. The summed E-state index contributed by atoms with van der Waals surface area (Å²) in [5.74, 6) is 0.980. The van der Waals surface area contributed by atoms with Crippen LogP contribution in [0.25, 0.3) is 0 Å². The van der Waals surface area contributed by atoms with Crippen molar-refractivity contribution in [3.63, 3.8) is 0 Å². The lowest BCUT2D eigenvalue weighted by atomic mass is 9.89. The number of fused-ring (bicyclic) bond motifs is 2. The van der Waals surface area contributed by atoms with Gasteiger partial charge in [-0.15, -0.1) is 11.6 Å². The Morgan fingerprint density at radius 1 is 0.680 bits per heavy atom. The summed E-state index contributed by atoms with van der Waals surface area (Å²) in [4.78, 5) is 40.7. The number of ether oxygens (including phenoxy) is 2. The number of alkyl halides is 1. The van der Waals surface area contributed by atoms with Gasteiger partial charge < -0.3 is 24.4 Å². The maximum atomic E-state index is 12.8. The zero-order chi connectivity index (χ0) is 35.0. The first-order valence-electron chi connectivity index (χ1n) is 17.2. The van der Waals surface area contributed by atoms with E-state index in [0.29, 0.717) is 38.0 Å². The molecule has 0 bridgehead atoms. The number of benzene rings is 4. The first-order valence-corrected chi connectivity index (χ1v) is 17.5. The number of amides is 2. The third kappa shape index (κ3) is 6.69. The van der Waals surface area contributed by atoms with Gasteiger partial charge in [0.25, 0.3) is 11.8 Å². The molecule has 2 aliphatic carbocycles.